The zero-order chi connectivity index (χ0) is 11.8. The maximum absolute atomic E-state index is 6.09. The molecule has 0 aromatic rings. The van der Waals surface area contributed by atoms with Gasteiger partial charge in [-0.05, 0) is 32.2 Å². The topological polar surface area (TPSA) is 47.7 Å². The smallest absolute Gasteiger partial charge is 0.0698 e. The molecular formula is C12H26N2O2. The lowest BCUT2D eigenvalue weighted by Gasteiger charge is -2.33. The van der Waals surface area contributed by atoms with Crippen LogP contribution < -0.4 is 5.73 Å². The van der Waals surface area contributed by atoms with E-state index in [9.17, 15) is 0 Å². The van der Waals surface area contributed by atoms with Crippen molar-refractivity contribution in [2.24, 2.45) is 5.73 Å². The molecule has 0 radical (unpaired) electrons. The highest BCUT2D eigenvalue weighted by Gasteiger charge is 2.20. The van der Waals surface area contributed by atoms with Crippen LogP contribution in [0.1, 0.15) is 25.7 Å². The number of methoxy groups -OCH3 is 2. The summed E-state index contributed by atoms with van der Waals surface area (Å²) in [5.74, 6) is 0. The maximum Gasteiger partial charge on any atom is 0.0698 e. The largest absolute Gasteiger partial charge is 0.385 e. The summed E-state index contributed by atoms with van der Waals surface area (Å²) in [6.07, 6.45) is 4.91. The molecule has 1 saturated heterocycles. The number of rotatable bonds is 7. The number of piperidine rings is 1. The van der Waals surface area contributed by atoms with Crippen molar-refractivity contribution in [2.75, 3.05) is 40.5 Å². The molecule has 0 amide bonds. The van der Waals surface area contributed by atoms with Crippen molar-refractivity contribution >= 4 is 0 Å². The molecule has 1 rings (SSSR count). The summed E-state index contributed by atoms with van der Waals surface area (Å²) in [4.78, 5) is 2.43. The summed E-state index contributed by atoms with van der Waals surface area (Å²) in [5, 5.41) is 0. The fraction of sp³-hybridized carbons (Fsp3) is 1.00. The fourth-order valence-electron chi connectivity index (χ4n) is 2.28. The first-order valence-electron chi connectivity index (χ1n) is 6.26. The lowest BCUT2D eigenvalue weighted by atomic mass is 10.1. The quantitative estimate of drug-likeness (QED) is 0.659. The van der Waals surface area contributed by atoms with E-state index in [4.69, 9.17) is 15.2 Å². The monoisotopic (exact) mass is 230 g/mol. The second-order valence-corrected chi connectivity index (χ2v) is 4.65. The van der Waals surface area contributed by atoms with Crippen molar-refractivity contribution in [1.82, 2.24) is 4.90 Å². The highest BCUT2D eigenvalue weighted by atomic mass is 16.5. The zero-order valence-electron chi connectivity index (χ0n) is 10.7. The molecule has 1 aliphatic heterocycles. The molecule has 2 atom stereocenters. The molecule has 0 aromatic carbocycles. The van der Waals surface area contributed by atoms with Crippen LogP contribution in [-0.2, 0) is 9.47 Å². The Labute approximate surface area is 99.1 Å². The number of nitrogens with two attached hydrogens (primary N) is 1. The first-order valence-corrected chi connectivity index (χ1v) is 6.26. The Morgan fingerprint density at radius 3 is 2.94 bits per heavy atom. The number of hydrogen-bond donors (Lipinski definition) is 1. The minimum absolute atomic E-state index is 0.269. The number of likely N-dealkylation sites (tertiary alicyclic amines) is 1. The van der Waals surface area contributed by atoms with Crippen LogP contribution in [0.15, 0.2) is 0 Å². The highest BCUT2D eigenvalue weighted by Crippen LogP contribution is 2.13. The highest BCUT2D eigenvalue weighted by molar-refractivity contribution is 4.76. The third-order valence-corrected chi connectivity index (χ3v) is 3.21. The Bertz CT molecular complexity index is 178. The van der Waals surface area contributed by atoms with E-state index in [0.29, 0.717) is 6.10 Å². The average molecular weight is 230 g/mol. The van der Waals surface area contributed by atoms with Gasteiger partial charge in [-0.2, -0.15) is 0 Å². The second kappa shape index (κ2) is 8.01. The molecule has 0 saturated carbocycles. The van der Waals surface area contributed by atoms with Crippen molar-refractivity contribution < 1.29 is 9.47 Å². The van der Waals surface area contributed by atoms with Gasteiger partial charge < -0.3 is 15.2 Å². The van der Waals surface area contributed by atoms with E-state index in [2.05, 4.69) is 4.90 Å². The molecule has 1 heterocycles. The summed E-state index contributed by atoms with van der Waals surface area (Å²) >= 11 is 0. The van der Waals surface area contributed by atoms with Crippen LogP contribution in [0.5, 0.6) is 0 Å². The van der Waals surface area contributed by atoms with E-state index in [1.54, 1.807) is 14.2 Å². The van der Waals surface area contributed by atoms with Gasteiger partial charge in [-0.1, -0.05) is 0 Å². The van der Waals surface area contributed by atoms with Gasteiger partial charge in [0.15, 0.2) is 0 Å². The van der Waals surface area contributed by atoms with E-state index in [-0.39, 0.29) is 6.04 Å². The van der Waals surface area contributed by atoms with Crippen molar-refractivity contribution in [3.05, 3.63) is 0 Å². The predicted octanol–water partition coefficient (Wildman–Crippen LogP) is 0.851. The van der Waals surface area contributed by atoms with Crippen molar-refractivity contribution in [3.63, 3.8) is 0 Å². The van der Waals surface area contributed by atoms with E-state index < -0.39 is 0 Å². The molecule has 0 spiro atoms. The Morgan fingerprint density at radius 1 is 1.44 bits per heavy atom. The fourth-order valence-corrected chi connectivity index (χ4v) is 2.28. The van der Waals surface area contributed by atoms with Gasteiger partial charge >= 0.3 is 0 Å². The van der Waals surface area contributed by atoms with Crippen LogP contribution in [-0.4, -0.2) is 57.5 Å². The van der Waals surface area contributed by atoms with Crippen LogP contribution in [0.4, 0.5) is 0 Å². The summed E-state index contributed by atoms with van der Waals surface area (Å²) in [6, 6.07) is 0.269. The van der Waals surface area contributed by atoms with E-state index in [0.717, 1.165) is 39.1 Å². The minimum atomic E-state index is 0.269. The number of hydrogen-bond acceptors (Lipinski definition) is 4. The van der Waals surface area contributed by atoms with Gasteiger partial charge in [-0.3, -0.25) is 4.90 Å². The molecule has 1 fully saturated rings. The molecule has 0 aliphatic carbocycles. The number of ether oxygens (including phenoxy) is 2. The molecule has 96 valence electrons. The minimum Gasteiger partial charge on any atom is -0.385 e. The molecule has 4 nitrogen and oxygen atoms in total. The van der Waals surface area contributed by atoms with Gasteiger partial charge in [0, 0.05) is 40.0 Å². The molecule has 16 heavy (non-hydrogen) atoms. The summed E-state index contributed by atoms with van der Waals surface area (Å²) in [5.41, 5.74) is 6.09. The Morgan fingerprint density at radius 2 is 2.25 bits per heavy atom. The third-order valence-electron chi connectivity index (χ3n) is 3.21. The Hall–Kier alpha value is -0.160. The lowest BCUT2D eigenvalue weighted by Crippen LogP contribution is -2.45. The van der Waals surface area contributed by atoms with Crippen LogP contribution >= 0.6 is 0 Å². The first-order chi connectivity index (χ1) is 7.76. The first kappa shape index (κ1) is 13.9. The standard InChI is InChI=1S/C12H26N2O2/c1-15-8-4-5-11(13)9-14-7-3-6-12(10-14)16-2/h11-12H,3-10,13H2,1-2H3. The molecule has 0 bridgehead atoms. The summed E-state index contributed by atoms with van der Waals surface area (Å²) < 4.78 is 10.4. The maximum atomic E-state index is 6.09. The van der Waals surface area contributed by atoms with Crippen LogP contribution in [0, 0.1) is 0 Å². The van der Waals surface area contributed by atoms with Crippen molar-refractivity contribution in [1.29, 1.82) is 0 Å². The Balaban J connectivity index is 2.14. The predicted molar refractivity (Wildman–Crippen MR) is 65.6 cm³/mol. The van der Waals surface area contributed by atoms with Crippen molar-refractivity contribution in [3.8, 4) is 0 Å². The lowest BCUT2D eigenvalue weighted by molar-refractivity contribution is 0.0289. The molecule has 4 heteroatoms. The summed E-state index contributed by atoms with van der Waals surface area (Å²) in [6.45, 7) is 4.00. The van der Waals surface area contributed by atoms with E-state index in [1.807, 2.05) is 0 Å². The SMILES string of the molecule is COCCCC(N)CN1CCCC(OC)C1. The molecule has 1 aliphatic rings. The molecular weight excluding hydrogens is 204 g/mol. The van der Waals surface area contributed by atoms with Crippen LogP contribution in [0.3, 0.4) is 0 Å². The summed E-state index contributed by atoms with van der Waals surface area (Å²) in [7, 11) is 3.53. The van der Waals surface area contributed by atoms with Crippen LogP contribution in [0.25, 0.3) is 0 Å². The van der Waals surface area contributed by atoms with Gasteiger partial charge in [0.1, 0.15) is 0 Å². The van der Waals surface area contributed by atoms with Gasteiger partial charge in [-0.25, -0.2) is 0 Å². The Kier molecular flexibility index (Phi) is 6.96. The molecule has 0 aromatic heterocycles. The second-order valence-electron chi connectivity index (χ2n) is 4.65. The zero-order valence-corrected chi connectivity index (χ0v) is 10.7. The van der Waals surface area contributed by atoms with Crippen molar-refractivity contribution in [2.45, 2.75) is 37.8 Å². The average Bonchev–Trinajstić information content (AvgIpc) is 2.29. The third kappa shape index (κ3) is 5.25. The van der Waals surface area contributed by atoms with Gasteiger partial charge in [-0.15, -0.1) is 0 Å². The van der Waals surface area contributed by atoms with E-state index in [1.165, 1.54) is 12.8 Å². The van der Waals surface area contributed by atoms with E-state index >= 15 is 0 Å². The molecule has 2 unspecified atom stereocenters. The number of nitrogens with zero attached hydrogens (tertiary/aromatic N) is 1. The van der Waals surface area contributed by atoms with Gasteiger partial charge in [0.05, 0.1) is 6.10 Å². The van der Waals surface area contributed by atoms with Crippen LogP contribution in [0.2, 0.25) is 0 Å². The van der Waals surface area contributed by atoms with Gasteiger partial charge in [0.25, 0.3) is 0 Å². The molecule has 2 N–H and O–H groups in total. The normalized spacial score (nSPS) is 24.6. The van der Waals surface area contributed by atoms with Gasteiger partial charge in [0.2, 0.25) is 0 Å².